The molecule has 0 radical (unpaired) electrons. The summed E-state index contributed by atoms with van der Waals surface area (Å²) >= 11 is 12.2. The van der Waals surface area contributed by atoms with Gasteiger partial charge in [-0.15, -0.1) is 0 Å². The summed E-state index contributed by atoms with van der Waals surface area (Å²) in [6, 6.07) is 13.0. The van der Waals surface area contributed by atoms with Crippen molar-refractivity contribution in [2.45, 2.75) is 32.4 Å². The highest BCUT2D eigenvalue weighted by Crippen LogP contribution is 2.31. The summed E-state index contributed by atoms with van der Waals surface area (Å²) in [4.78, 5) is 18.8. The summed E-state index contributed by atoms with van der Waals surface area (Å²) in [7, 11) is 0. The molecule has 2 aromatic carbocycles. The zero-order valence-corrected chi connectivity index (χ0v) is 17.3. The molecule has 0 aliphatic carbocycles. The number of hydrogen-bond acceptors (Lipinski definition) is 2. The molecule has 2 N–H and O–H groups in total. The minimum absolute atomic E-state index is 0.0955. The first-order valence-corrected chi connectivity index (χ1v) is 10.4. The van der Waals surface area contributed by atoms with E-state index in [0.29, 0.717) is 18.1 Å². The van der Waals surface area contributed by atoms with Crippen LogP contribution in [0.5, 0.6) is 0 Å². The molecule has 146 valence electrons. The molecule has 4 rings (SSSR count). The molecule has 1 atom stereocenters. The summed E-state index contributed by atoms with van der Waals surface area (Å²) in [5.41, 5.74) is 4.38. The van der Waals surface area contributed by atoms with E-state index < -0.39 is 0 Å². The Kier molecular flexibility index (Phi) is 5.63. The van der Waals surface area contributed by atoms with Crippen LogP contribution in [0.4, 0.5) is 0 Å². The van der Waals surface area contributed by atoms with Crippen LogP contribution in [0.1, 0.15) is 36.2 Å². The van der Waals surface area contributed by atoms with E-state index in [9.17, 15) is 4.79 Å². The van der Waals surface area contributed by atoms with Crippen molar-refractivity contribution >= 4 is 40.0 Å². The Morgan fingerprint density at radius 1 is 1.18 bits per heavy atom. The predicted molar refractivity (Wildman–Crippen MR) is 115 cm³/mol. The Hall–Kier alpha value is -2.01. The van der Waals surface area contributed by atoms with Gasteiger partial charge in [-0.2, -0.15) is 0 Å². The van der Waals surface area contributed by atoms with Crippen molar-refractivity contribution < 1.29 is 4.79 Å². The quantitative estimate of drug-likeness (QED) is 0.608. The molecule has 0 saturated heterocycles. The van der Waals surface area contributed by atoms with Crippen LogP contribution in [-0.4, -0.2) is 28.9 Å². The largest absolute Gasteiger partial charge is 0.357 e. The van der Waals surface area contributed by atoms with E-state index >= 15 is 0 Å². The van der Waals surface area contributed by atoms with E-state index in [-0.39, 0.29) is 11.9 Å². The third-order valence-corrected chi connectivity index (χ3v) is 5.78. The van der Waals surface area contributed by atoms with E-state index in [1.165, 1.54) is 5.56 Å². The van der Waals surface area contributed by atoms with E-state index in [1.807, 2.05) is 47.4 Å². The topological polar surface area (TPSA) is 48.1 Å². The van der Waals surface area contributed by atoms with Crippen molar-refractivity contribution in [1.29, 1.82) is 0 Å². The summed E-state index contributed by atoms with van der Waals surface area (Å²) in [6.45, 7) is 4.16. The molecule has 0 spiro atoms. The number of aromatic nitrogens is 1. The molecule has 0 bridgehead atoms. The first kappa shape index (κ1) is 19.3. The Bertz CT molecular complexity index is 997. The number of benzene rings is 2. The zero-order valence-electron chi connectivity index (χ0n) is 15.8. The van der Waals surface area contributed by atoms with Gasteiger partial charge in [0.25, 0.3) is 0 Å². The Morgan fingerprint density at radius 2 is 1.93 bits per heavy atom. The van der Waals surface area contributed by atoms with E-state index in [4.69, 9.17) is 23.2 Å². The number of nitrogens with zero attached hydrogens (tertiary/aromatic N) is 1. The van der Waals surface area contributed by atoms with Crippen molar-refractivity contribution in [3.8, 4) is 0 Å². The summed E-state index contributed by atoms with van der Waals surface area (Å²) in [6.07, 6.45) is 1.78. The maximum atomic E-state index is 13.4. The molecule has 3 aromatic rings. The van der Waals surface area contributed by atoms with Crippen molar-refractivity contribution in [2.75, 3.05) is 13.1 Å². The average Bonchev–Trinajstić information content (AvgIpc) is 3.06. The lowest BCUT2D eigenvalue weighted by molar-refractivity contribution is -0.134. The number of hydrogen-bond donors (Lipinski definition) is 2. The summed E-state index contributed by atoms with van der Waals surface area (Å²) in [5.74, 6) is 0.0955. The van der Waals surface area contributed by atoms with Crippen LogP contribution in [0.15, 0.2) is 42.5 Å². The smallest absolute Gasteiger partial charge is 0.244 e. The minimum Gasteiger partial charge on any atom is -0.357 e. The maximum absolute atomic E-state index is 13.4. The lowest BCUT2D eigenvalue weighted by Crippen LogP contribution is -2.43. The van der Waals surface area contributed by atoms with Gasteiger partial charge in [0.05, 0.1) is 6.54 Å². The van der Waals surface area contributed by atoms with E-state index in [2.05, 4.69) is 17.2 Å². The molecule has 6 heteroatoms. The number of halogens is 2. The zero-order chi connectivity index (χ0) is 19.7. The van der Waals surface area contributed by atoms with Crippen LogP contribution < -0.4 is 5.32 Å². The first-order chi connectivity index (χ1) is 13.6. The number of fused-ring (bicyclic) bond motifs is 3. The van der Waals surface area contributed by atoms with Gasteiger partial charge in [0.2, 0.25) is 5.91 Å². The van der Waals surface area contributed by atoms with Crippen LogP contribution in [0.3, 0.4) is 0 Å². The minimum atomic E-state index is -0.363. The molecule has 1 aliphatic rings. The van der Waals surface area contributed by atoms with Gasteiger partial charge in [0.1, 0.15) is 6.04 Å². The van der Waals surface area contributed by atoms with Crippen LogP contribution in [0, 0.1) is 0 Å². The van der Waals surface area contributed by atoms with Gasteiger partial charge in [-0.05, 0) is 60.8 Å². The van der Waals surface area contributed by atoms with Crippen LogP contribution in [0.2, 0.25) is 10.0 Å². The predicted octanol–water partition coefficient (Wildman–Crippen LogP) is 5.10. The van der Waals surface area contributed by atoms with Crippen LogP contribution >= 0.6 is 23.2 Å². The van der Waals surface area contributed by atoms with Gasteiger partial charge < -0.3 is 15.2 Å². The first-order valence-electron chi connectivity index (χ1n) is 9.63. The number of rotatable bonds is 5. The monoisotopic (exact) mass is 415 g/mol. The number of H-pyrrole nitrogens is 1. The Labute approximate surface area is 174 Å². The fourth-order valence-electron chi connectivity index (χ4n) is 3.88. The fraction of sp³-hybridized carbons (Fsp3) is 0.318. The highest BCUT2D eigenvalue weighted by atomic mass is 35.5. The fourth-order valence-corrected chi connectivity index (χ4v) is 4.17. The van der Waals surface area contributed by atoms with Crippen molar-refractivity contribution in [3.05, 3.63) is 69.3 Å². The molecule has 4 nitrogen and oxygen atoms in total. The number of aromatic amines is 1. The molecule has 1 amide bonds. The second-order valence-electron chi connectivity index (χ2n) is 7.22. The lowest BCUT2D eigenvalue weighted by atomic mass is 10.0. The molecule has 1 unspecified atom stereocenters. The second kappa shape index (κ2) is 8.16. The average molecular weight is 416 g/mol. The molecule has 0 fully saturated rings. The number of amides is 1. The third-order valence-electron chi connectivity index (χ3n) is 5.30. The maximum Gasteiger partial charge on any atom is 0.244 e. The Morgan fingerprint density at radius 3 is 2.68 bits per heavy atom. The van der Waals surface area contributed by atoms with Crippen molar-refractivity contribution in [1.82, 2.24) is 15.2 Å². The Balaban J connectivity index is 1.59. The van der Waals surface area contributed by atoms with Crippen molar-refractivity contribution in [3.63, 3.8) is 0 Å². The van der Waals surface area contributed by atoms with Crippen LogP contribution in [0.25, 0.3) is 10.9 Å². The van der Waals surface area contributed by atoms with E-state index in [0.717, 1.165) is 46.6 Å². The normalized spacial score (nSPS) is 14.9. The molecular weight excluding hydrogens is 393 g/mol. The lowest BCUT2D eigenvalue weighted by Gasteiger charge is -2.31. The van der Waals surface area contributed by atoms with Crippen molar-refractivity contribution in [2.24, 2.45) is 0 Å². The highest BCUT2D eigenvalue weighted by molar-refractivity contribution is 6.31. The standard InChI is InChI=1S/C22H23Cl2N3O/c1-2-10-25-21(14-3-5-15(23)6-4-14)22(28)27-11-9-17-18-12-16(24)7-8-19(18)26-20(17)13-27/h3-8,12,21,25-26H,2,9-11,13H2,1H3. The number of carbonyl (C=O) groups is 1. The number of nitrogens with one attached hydrogen (secondary N) is 2. The third kappa shape index (κ3) is 3.77. The van der Waals surface area contributed by atoms with Gasteiger partial charge in [0, 0.05) is 33.2 Å². The highest BCUT2D eigenvalue weighted by Gasteiger charge is 2.29. The van der Waals surface area contributed by atoms with Gasteiger partial charge in [0.15, 0.2) is 0 Å². The molecular formula is C22H23Cl2N3O. The molecule has 0 saturated carbocycles. The second-order valence-corrected chi connectivity index (χ2v) is 8.09. The summed E-state index contributed by atoms with van der Waals surface area (Å²) in [5, 5.41) is 5.97. The summed E-state index contributed by atoms with van der Waals surface area (Å²) < 4.78 is 0. The van der Waals surface area contributed by atoms with Gasteiger partial charge in [-0.3, -0.25) is 4.79 Å². The molecule has 28 heavy (non-hydrogen) atoms. The van der Waals surface area contributed by atoms with Crippen LogP contribution in [-0.2, 0) is 17.8 Å². The van der Waals surface area contributed by atoms with Gasteiger partial charge in [-0.25, -0.2) is 0 Å². The SMILES string of the molecule is CCCNC(C(=O)N1CCc2c([nH]c3ccc(Cl)cc23)C1)c1ccc(Cl)cc1. The van der Waals surface area contributed by atoms with Gasteiger partial charge >= 0.3 is 0 Å². The molecule has 1 aliphatic heterocycles. The van der Waals surface area contributed by atoms with E-state index in [1.54, 1.807) is 0 Å². The van der Waals surface area contributed by atoms with Gasteiger partial charge in [-0.1, -0.05) is 42.3 Å². The molecule has 1 aromatic heterocycles. The molecule has 2 heterocycles. The number of carbonyl (C=O) groups excluding carboxylic acids is 1.